The molecule has 0 aliphatic heterocycles. The summed E-state index contributed by atoms with van der Waals surface area (Å²) in [5.74, 6) is 0.663. The first kappa shape index (κ1) is 12.2. The lowest BCUT2D eigenvalue weighted by molar-refractivity contribution is 0.175. The molecule has 0 unspecified atom stereocenters. The Bertz CT molecular complexity index is 351. The van der Waals surface area contributed by atoms with Crippen LogP contribution in [0.3, 0.4) is 0 Å². The molecule has 0 amide bonds. The first-order valence-electron chi connectivity index (χ1n) is 5.73. The number of ether oxygens (including phenoxy) is 1. The average Bonchev–Trinajstić information content (AvgIpc) is 2.51. The maximum atomic E-state index is 5.90. The molecule has 2 rings (SSSR count). The van der Waals surface area contributed by atoms with Crippen LogP contribution in [-0.4, -0.2) is 11.1 Å². The third-order valence-electron chi connectivity index (χ3n) is 2.85. The Morgan fingerprint density at radius 3 is 2.56 bits per heavy atom. The van der Waals surface area contributed by atoms with Gasteiger partial charge >= 0.3 is 0 Å². The number of aromatic nitrogens is 1. The summed E-state index contributed by atoms with van der Waals surface area (Å²) >= 11 is 9.26. The standard InChI is InChI=1S/C12H15BrClNO/c13-11-7-9(14)8-15-12(11)16-10-5-3-1-2-4-6-10/h7-8,10H,1-6H2. The van der Waals surface area contributed by atoms with E-state index in [1.165, 1.54) is 25.7 Å². The van der Waals surface area contributed by atoms with E-state index in [0.717, 1.165) is 17.3 Å². The Morgan fingerprint density at radius 1 is 1.25 bits per heavy atom. The molecule has 0 N–H and O–H groups in total. The van der Waals surface area contributed by atoms with Gasteiger partial charge < -0.3 is 4.74 Å². The van der Waals surface area contributed by atoms with Gasteiger partial charge in [0.15, 0.2) is 0 Å². The zero-order valence-corrected chi connectivity index (χ0v) is 11.4. The van der Waals surface area contributed by atoms with Crippen molar-refractivity contribution in [1.82, 2.24) is 4.98 Å². The predicted molar refractivity (Wildman–Crippen MR) is 69.1 cm³/mol. The van der Waals surface area contributed by atoms with E-state index in [4.69, 9.17) is 16.3 Å². The van der Waals surface area contributed by atoms with Crippen LogP contribution in [0.25, 0.3) is 0 Å². The lowest BCUT2D eigenvalue weighted by Gasteiger charge is -2.16. The van der Waals surface area contributed by atoms with Gasteiger partial charge in [-0.25, -0.2) is 4.98 Å². The van der Waals surface area contributed by atoms with Crippen LogP contribution >= 0.6 is 27.5 Å². The van der Waals surface area contributed by atoms with Crippen LogP contribution in [0.1, 0.15) is 38.5 Å². The fourth-order valence-corrected chi connectivity index (χ4v) is 2.74. The maximum Gasteiger partial charge on any atom is 0.228 e. The first-order chi connectivity index (χ1) is 7.75. The van der Waals surface area contributed by atoms with Gasteiger partial charge in [-0.3, -0.25) is 0 Å². The maximum absolute atomic E-state index is 5.90. The van der Waals surface area contributed by atoms with Crippen LogP contribution in [-0.2, 0) is 0 Å². The molecule has 88 valence electrons. The van der Waals surface area contributed by atoms with Gasteiger partial charge in [-0.15, -0.1) is 0 Å². The van der Waals surface area contributed by atoms with Gasteiger partial charge in [-0.2, -0.15) is 0 Å². The molecular formula is C12H15BrClNO. The second kappa shape index (κ2) is 5.87. The lowest BCUT2D eigenvalue weighted by Crippen LogP contribution is -2.16. The number of halogens is 2. The van der Waals surface area contributed by atoms with Crippen molar-refractivity contribution in [2.45, 2.75) is 44.6 Å². The minimum Gasteiger partial charge on any atom is -0.474 e. The van der Waals surface area contributed by atoms with Crippen molar-refractivity contribution in [3.05, 3.63) is 21.8 Å². The quantitative estimate of drug-likeness (QED) is 0.745. The molecule has 16 heavy (non-hydrogen) atoms. The van der Waals surface area contributed by atoms with Gasteiger partial charge in [-0.05, 0) is 47.7 Å². The molecule has 1 heterocycles. The number of pyridine rings is 1. The molecule has 1 aromatic heterocycles. The van der Waals surface area contributed by atoms with Gasteiger partial charge in [0.2, 0.25) is 5.88 Å². The second-order valence-corrected chi connectivity index (χ2v) is 5.46. The van der Waals surface area contributed by atoms with Crippen molar-refractivity contribution in [2.24, 2.45) is 0 Å². The highest BCUT2D eigenvalue weighted by molar-refractivity contribution is 9.10. The molecule has 1 aromatic rings. The minimum atomic E-state index is 0.312. The molecule has 0 radical (unpaired) electrons. The van der Waals surface area contributed by atoms with Crippen LogP contribution in [0.15, 0.2) is 16.7 Å². The van der Waals surface area contributed by atoms with Crippen LogP contribution < -0.4 is 4.74 Å². The Hall–Kier alpha value is -0.280. The molecule has 0 saturated heterocycles. The summed E-state index contributed by atoms with van der Waals surface area (Å²) in [6.07, 6.45) is 9.38. The minimum absolute atomic E-state index is 0.312. The van der Waals surface area contributed by atoms with E-state index in [1.54, 1.807) is 6.20 Å². The third-order valence-corrected chi connectivity index (χ3v) is 3.63. The van der Waals surface area contributed by atoms with E-state index in [2.05, 4.69) is 20.9 Å². The number of hydrogen-bond acceptors (Lipinski definition) is 2. The van der Waals surface area contributed by atoms with Crippen molar-refractivity contribution in [3.63, 3.8) is 0 Å². The zero-order chi connectivity index (χ0) is 11.4. The third kappa shape index (κ3) is 3.36. The molecular weight excluding hydrogens is 289 g/mol. The Morgan fingerprint density at radius 2 is 1.94 bits per heavy atom. The van der Waals surface area contributed by atoms with E-state index in [9.17, 15) is 0 Å². The van der Waals surface area contributed by atoms with Crippen LogP contribution in [0.5, 0.6) is 5.88 Å². The molecule has 2 nitrogen and oxygen atoms in total. The van der Waals surface area contributed by atoms with Gasteiger partial charge in [-0.1, -0.05) is 24.4 Å². The van der Waals surface area contributed by atoms with E-state index < -0.39 is 0 Å². The normalized spacial score (nSPS) is 18.1. The molecule has 0 spiro atoms. The molecule has 1 fully saturated rings. The van der Waals surface area contributed by atoms with Crippen LogP contribution in [0, 0.1) is 0 Å². The number of rotatable bonds is 2. The summed E-state index contributed by atoms with van der Waals surface area (Å²) in [5, 5.41) is 0.625. The van der Waals surface area contributed by atoms with Gasteiger partial charge in [0.05, 0.1) is 9.50 Å². The molecule has 0 aromatic carbocycles. The summed E-state index contributed by atoms with van der Waals surface area (Å²) in [6, 6.07) is 1.82. The highest BCUT2D eigenvalue weighted by Crippen LogP contribution is 2.28. The highest BCUT2D eigenvalue weighted by Gasteiger charge is 2.15. The topological polar surface area (TPSA) is 22.1 Å². The monoisotopic (exact) mass is 303 g/mol. The van der Waals surface area contributed by atoms with E-state index in [0.29, 0.717) is 17.0 Å². The summed E-state index contributed by atoms with van der Waals surface area (Å²) in [6.45, 7) is 0. The molecule has 0 bridgehead atoms. The first-order valence-corrected chi connectivity index (χ1v) is 6.90. The molecule has 4 heteroatoms. The predicted octanol–water partition coefficient (Wildman–Crippen LogP) is 4.60. The molecule has 1 saturated carbocycles. The van der Waals surface area contributed by atoms with Crippen molar-refractivity contribution in [2.75, 3.05) is 0 Å². The van der Waals surface area contributed by atoms with E-state index >= 15 is 0 Å². The Kier molecular flexibility index (Phi) is 4.47. The summed E-state index contributed by atoms with van der Waals surface area (Å²) in [4.78, 5) is 4.20. The number of hydrogen-bond donors (Lipinski definition) is 0. The molecule has 1 aliphatic rings. The van der Waals surface area contributed by atoms with Crippen molar-refractivity contribution in [1.29, 1.82) is 0 Å². The fourth-order valence-electron chi connectivity index (χ4n) is 2.01. The fraction of sp³-hybridized carbons (Fsp3) is 0.583. The average molecular weight is 305 g/mol. The summed E-state index contributed by atoms with van der Waals surface area (Å²) < 4.78 is 6.74. The van der Waals surface area contributed by atoms with Crippen LogP contribution in [0.4, 0.5) is 0 Å². The smallest absolute Gasteiger partial charge is 0.228 e. The second-order valence-electron chi connectivity index (χ2n) is 4.17. The summed E-state index contributed by atoms with van der Waals surface area (Å²) in [7, 11) is 0. The highest BCUT2D eigenvalue weighted by atomic mass is 79.9. The van der Waals surface area contributed by atoms with Gasteiger partial charge in [0.1, 0.15) is 6.10 Å². The Balaban J connectivity index is 2.01. The lowest BCUT2D eigenvalue weighted by atomic mass is 10.1. The zero-order valence-electron chi connectivity index (χ0n) is 9.09. The van der Waals surface area contributed by atoms with Gasteiger partial charge in [0.25, 0.3) is 0 Å². The van der Waals surface area contributed by atoms with Gasteiger partial charge in [0, 0.05) is 6.20 Å². The SMILES string of the molecule is Clc1cnc(OC2CCCCCC2)c(Br)c1. The van der Waals surface area contributed by atoms with E-state index in [1.807, 2.05) is 6.07 Å². The van der Waals surface area contributed by atoms with E-state index in [-0.39, 0.29) is 0 Å². The van der Waals surface area contributed by atoms with Crippen LogP contribution in [0.2, 0.25) is 5.02 Å². The van der Waals surface area contributed by atoms with Crippen molar-refractivity contribution in [3.8, 4) is 5.88 Å². The number of nitrogens with zero attached hydrogens (tertiary/aromatic N) is 1. The van der Waals surface area contributed by atoms with Crippen molar-refractivity contribution < 1.29 is 4.74 Å². The largest absolute Gasteiger partial charge is 0.474 e. The molecule has 0 atom stereocenters. The summed E-state index contributed by atoms with van der Waals surface area (Å²) in [5.41, 5.74) is 0. The van der Waals surface area contributed by atoms with Crippen molar-refractivity contribution >= 4 is 27.5 Å². The Labute approximate surface area is 109 Å². The molecule has 1 aliphatic carbocycles.